The molecule has 0 aliphatic carbocycles. The molecule has 1 fully saturated rings. The number of anilines is 1. The van der Waals surface area contributed by atoms with Gasteiger partial charge in [0.05, 0.1) is 17.8 Å². The number of benzene rings is 2. The Kier molecular flexibility index (Phi) is 7.97. The van der Waals surface area contributed by atoms with Crippen LogP contribution in [0, 0.1) is 34.6 Å². The molecule has 2 atom stereocenters. The zero-order chi connectivity index (χ0) is 28.6. The highest BCUT2D eigenvalue weighted by Gasteiger charge is 2.41. The lowest BCUT2D eigenvalue weighted by Gasteiger charge is -2.28. The lowest BCUT2D eigenvalue weighted by Crippen LogP contribution is -2.33. The molecule has 206 valence electrons. The summed E-state index contributed by atoms with van der Waals surface area (Å²) in [4.78, 5) is 19.9. The maximum Gasteiger partial charge on any atom is 0.226 e. The first kappa shape index (κ1) is 27.9. The van der Waals surface area contributed by atoms with Gasteiger partial charge in [0, 0.05) is 46.9 Å². The summed E-state index contributed by atoms with van der Waals surface area (Å²) < 4.78 is 2.25. The van der Waals surface area contributed by atoms with Gasteiger partial charge in [0.2, 0.25) is 5.91 Å². The van der Waals surface area contributed by atoms with Crippen LogP contribution >= 0.6 is 23.8 Å². The molecule has 1 aliphatic rings. The fraction of sp³-hybridized carbons (Fsp3) is 0.281. The third kappa shape index (κ3) is 5.49. The molecule has 6 nitrogen and oxygen atoms in total. The smallest absolute Gasteiger partial charge is 0.226 e. The molecule has 5 rings (SSSR count). The Labute approximate surface area is 246 Å². The number of nitrogens with zero attached hydrogens (tertiary/aromatic N) is 3. The summed E-state index contributed by atoms with van der Waals surface area (Å²) in [5.74, 6) is -0.0449. The summed E-state index contributed by atoms with van der Waals surface area (Å²) in [5, 5.41) is 7.90. The van der Waals surface area contributed by atoms with E-state index in [1.54, 1.807) is 6.20 Å². The van der Waals surface area contributed by atoms with Crippen LogP contribution in [0.3, 0.4) is 0 Å². The summed E-state index contributed by atoms with van der Waals surface area (Å²) in [6, 6.07) is 19.9. The van der Waals surface area contributed by atoms with E-state index in [1.165, 1.54) is 0 Å². The van der Waals surface area contributed by atoms with Gasteiger partial charge < -0.3 is 20.1 Å². The quantitative estimate of drug-likeness (QED) is 0.232. The van der Waals surface area contributed by atoms with Gasteiger partial charge in [-0.2, -0.15) is 0 Å². The summed E-state index contributed by atoms with van der Waals surface area (Å²) >= 11 is 12.3. The molecule has 2 aromatic heterocycles. The number of amides is 1. The summed E-state index contributed by atoms with van der Waals surface area (Å²) in [7, 11) is 0. The Balaban J connectivity index is 1.49. The maximum absolute atomic E-state index is 13.1. The third-order valence-corrected chi connectivity index (χ3v) is 8.23. The van der Waals surface area contributed by atoms with Crippen molar-refractivity contribution in [2.24, 2.45) is 0 Å². The molecular formula is C32H34ClN5OS. The van der Waals surface area contributed by atoms with Gasteiger partial charge >= 0.3 is 0 Å². The van der Waals surface area contributed by atoms with E-state index in [0.717, 1.165) is 50.7 Å². The number of carbonyl (C=O) groups excluding carboxylic acids is 1. The average molecular weight is 572 g/mol. The van der Waals surface area contributed by atoms with E-state index >= 15 is 0 Å². The molecule has 1 amide bonds. The fourth-order valence-electron chi connectivity index (χ4n) is 5.57. The normalized spacial score (nSPS) is 16.8. The molecule has 0 radical (unpaired) electrons. The molecule has 0 unspecified atom stereocenters. The first-order chi connectivity index (χ1) is 19.1. The van der Waals surface area contributed by atoms with Crippen LogP contribution in [0.1, 0.15) is 57.8 Å². The number of aryl methyl sites for hydroxylation is 4. The Morgan fingerprint density at radius 2 is 1.80 bits per heavy atom. The number of thiocarbonyl (C=S) groups is 1. The number of hydrogen-bond acceptors (Lipinski definition) is 3. The zero-order valence-corrected chi connectivity index (χ0v) is 25.0. The number of nitrogens with one attached hydrogen (secondary N) is 2. The number of rotatable bonds is 7. The van der Waals surface area contributed by atoms with Crippen molar-refractivity contribution in [1.82, 2.24) is 19.8 Å². The van der Waals surface area contributed by atoms with Gasteiger partial charge in [-0.15, -0.1) is 0 Å². The highest BCUT2D eigenvalue weighted by molar-refractivity contribution is 7.80. The van der Waals surface area contributed by atoms with Crippen molar-refractivity contribution in [3.8, 4) is 5.69 Å². The number of pyridine rings is 1. The second-order valence-electron chi connectivity index (χ2n) is 10.5. The molecule has 1 saturated heterocycles. The zero-order valence-electron chi connectivity index (χ0n) is 23.5. The lowest BCUT2D eigenvalue weighted by molar-refractivity contribution is -0.116. The molecule has 3 heterocycles. The van der Waals surface area contributed by atoms with Crippen LogP contribution in [0.25, 0.3) is 5.69 Å². The van der Waals surface area contributed by atoms with Gasteiger partial charge in [-0.05, 0) is 105 Å². The van der Waals surface area contributed by atoms with Crippen molar-refractivity contribution in [2.45, 2.75) is 53.1 Å². The minimum atomic E-state index is -0.162. The van der Waals surface area contributed by atoms with Crippen LogP contribution < -0.4 is 10.6 Å². The van der Waals surface area contributed by atoms with Crippen molar-refractivity contribution in [3.63, 3.8) is 0 Å². The Morgan fingerprint density at radius 3 is 2.55 bits per heavy atom. The molecule has 40 heavy (non-hydrogen) atoms. The summed E-state index contributed by atoms with van der Waals surface area (Å²) in [6.07, 6.45) is 2.10. The number of halogens is 1. The van der Waals surface area contributed by atoms with Gasteiger partial charge in [-0.3, -0.25) is 9.78 Å². The van der Waals surface area contributed by atoms with Crippen LogP contribution in [0.2, 0.25) is 5.02 Å². The van der Waals surface area contributed by atoms with E-state index in [1.807, 2.05) is 68.4 Å². The first-order valence-corrected chi connectivity index (χ1v) is 14.2. The molecule has 8 heteroatoms. The molecule has 4 aromatic rings. The number of aromatic nitrogens is 2. The second-order valence-corrected chi connectivity index (χ2v) is 11.4. The van der Waals surface area contributed by atoms with Crippen molar-refractivity contribution in [3.05, 3.63) is 111 Å². The lowest BCUT2D eigenvalue weighted by atomic mass is 9.96. The fourth-order valence-corrected chi connectivity index (χ4v) is 6.07. The minimum absolute atomic E-state index is 0.0449. The monoisotopic (exact) mass is 571 g/mol. The largest absolute Gasteiger partial charge is 0.352 e. The van der Waals surface area contributed by atoms with Crippen LogP contribution in [0.5, 0.6) is 0 Å². The summed E-state index contributed by atoms with van der Waals surface area (Å²) in [5.41, 5.74) is 9.41. The first-order valence-electron chi connectivity index (χ1n) is 13.4. The maximum atomic E-state index is 13.1. The van der Waals surface area contributed by atoms with Crippen molar-refractivity contribution in [1.29, 1.82) is 0 Å². The van der Waals surface area contributed by atoms with Crippen LogP contribution in [-0.2, 0) is 4.79 Å². The minimum Gasteiger partial charge on any atom is -0.352 e. The second kappa shape index (κ2) is 11.4. The van der Waals surface area contributed by atoms with Crippen molar-refractivity contribution < 1.29 is 4.79 Å². The SMILES string of the molecule is Cc1ccc(C)c(NC(=O)CCN2C(=S)N[C@@H](c3ccccn3)[C@@H]2c2cc(C)n(-c3cc(Cl)ccc3C)c2C)c1. The van der Waals surface area contributed by atoms with E-state index in [2.05, 4.69) is 51.9 Å². The molecule has 0 bridgehead atoms. The van der Waals surface area contributed by atoms with Gasteiger partial charge in [0.25, 0.3) is 0 Å². The van der Waals surface area contributed by atoms with E-state index in [9.17, 15) is 4.79 Å². The van der Waals surface area contributed by atoms with Crippen molar-refractivity contribution >= 4 is 40.5 Å². The average Bonchev–Trinajstić information content (AvgIpc) is 3.41. The van der Waals surface area contributed by atoms with Gasteiger partial charge in [0.15, 0.2) is 5.11 Å². The van der Waals surface area contributed by atoms with Crippen molar-refractivity contribution in [2.75, 3.05) is 11.9 Å². The van der Waals surface area contributed by atoms with Crippen LogP contribution in [-0.4, -0.2) is 32.0 Å². The number of hydrogen-bond donors (Lipinski definition) is 2. The molecular weight excluding hydrogens is 538 g/mol. The molecule has 0 saturated carbocycles. The Morgan fingerprint density at radius 1 is 1.02 bits per heavy atom. The van der Waals surface area contributed by atoms with E-state index < -0.39 is 0 Å². The predicted molar refractivity (Wildman–Crippen MR) is 166 cm³/mol. The topological polar surface area (TPSA) is 62.2 Å². The molecule has 1 aliphatic heterocycles. The van der Waals surface area contributed by atoms with Crippen LogP contribution in [0.15, 0.2) is 66.9 Å². The van der Waals surface area contributed by atoms with E-state index in [-0.39, 0.29) is 18.0 Å². The molecule has 0 spiro atoms. The van der Waals surface area contributed by atoms with Crippen LogP contribution in [0.4, 0.5) is 5.69 Å². The van der Waals surface area contributed by atoms with E-state index in [4.69, 9.17) is 23.8 Å². The highest BCUT2D eigenvalue weighted by Crippen LogP contribution is 2.41. The molecule has 2 N–H and O–H groups in total. The van der Waals surface area contributed by atoms with E-state index in [0.29, 0.717) is 23.1 Å². The predicted octanol–water partition coefficient (Wildman–Crippen LogP) is 7.07. The Hall–Kier alpha value is -3.68. The van der Waals surface area contributed by atoms with Gasteiger partial charge in [-0.25, -0.2) is 0 Å². The number of carbonyl (C=O) groups is 1. The molecule has 2 aromatic carbocycles. The van der Waals surface area contributed by atoms with Gasteiger partial charge in [-0.1, -0.05) is 35.9 Å². The third-order valence-electron chi connectivity index (χ3n) is 7.65. The van der Waals surface area contributed by atoms with Gasteiger partial charge in [0.1, 0.15) is 0 Å². The summed E-state index contributed by atoms with van der Waals surface area (Å²) in [6.45, 7) is 10.8. The standard InChI is InChI=1S/C32H34ClN5OS/c1-19-9-10-20(2)27(16-19)35-29(39)13-15-37-31(30(36-32(37)40)26-8-6-7-14-34-26)25-17-22(4)38(23(25)5)28-18-24(33)12-11-21(28)3/h6-12,14,16-18,30-31H,13,15H2,1-5H3,(H,35,39)(H,36,40)/t30-,31-/m0/s1. The Bertz CT molecular complexity index is 1580. The highest BCUT2D eigenvalue weighted by atomic mass is 35.5.